The Bertz CT molecular complexity index is 620. The van der Waals surface area contributed by atoms with E-state index in [0.717, 1.165) is 44.8 Å². The molecule has 4 heteroatoms. The van der Waals surface area contributed by atoms with Gasteiger partial charge in [0.05, 0.1) is 7.11 Å². The van der Waals surface area contributed by atoms with E-state index >= 15 is 0 Å². The molecule has 1 aromatic rings. The van der Waals surface area contributed by atoms with Crippen molar-refractivity contribution in [2.45, 2.75) is 24.8 Å². The Labute approximate surface area is 137 Å². The second-order valence-corrected chi connectivity index (χ2v) is 6.88. The van der Waals surface area contributed by atoms with E-state index in [9.17, 15) is 4.79 Å². The van der Waals surface area contributed by atoms with Crippen molar-refractivity contribution in [3.63, 3.8) is 0 Å². The van der Waals surface area contributed by atoms with E-state index in [2.05, 4.69) is 34.1 Å². The number of hydrogen-bond acceptors (Lipinski definition) is 3. The normalized spacial score (nSPS) is 30.0. The number of amides is 1. The van der Waals surface area contributed by atoms with E-state index < -0.39 is 0 Å². The van der Waals surface area contributed by atoms with Crippen molar-refractivity contribution in [3.8, 4) is 5.75 Å². The van der Waals surface area contributed by atoms with Crippen molar-refractivity contribution < 1.29 is 9.53 Å². The molecule has 4 nitrogen and oxygen atoms in total. The highest BCUT2D eigenvalue weighted by Crippen LogP contribution is 2.49. The molecule has 1 amide bonds. The summed E-state index contributed by atoms with van der Waals surface area (Å²) in [5.74, 6) is 1.79. The van der Waals surface area contributed by atoms with Crippen LogP contribution < -0.4 is 4.74 Å². The van der Waals surface area contributed by atoms with Crippen molar-refractivity contribution in [2.75, 3.05) is 33.3 Å². The maximum atomic E-state index is 12.8. The lowest BCUT2D eigenvalue weighted by Gasteiger charge is -2.23. The number of carbonyl (C=O) groups excluding carboxylic acids is 1. The van der Waals surface area contributed by atoms with E-state index in [1.165, 1.54) is 5.56 Å². The fraction of sp³-hybridized carbons (Fsp3) is 0.526. The van der Waals surface area contributed by atoms with Crippen molar-refractivity contribution in [1.82, 2.24) is 9.80 Å². The fourth-order valence-electron chi connectivity index (χ4n) is 3.98. The molecule has 1 aliphatic carbocycles. The summed E-state index contributed by atoms with van der Waals surface area (Å²) in [6.07, 6.45) is 6.55. The van der Waals surface area contributed by atoms with E-state index in [1.807, 2.05) is 12.1 Å². The molecular weight excluding hydrogens is 288 g/mol. The lowest BCUT2D eigenvalue weighted by Crippen LogP contribution is -2.38. The first-order valence-corrected chi connectivity index (χ1v) is 8.58. The van der Waals surface area contributed by atoms with E-state index in [-0.39, 0.29) is 5.92 Å². The first-order chi connectivity index (χ1) is 11.3. The molecule has 23 heavy (non-hydrogen) atoms. The minimum absolute atomic E-state index is 0.178. The Morgan fingerprint density at radius 2 is 2.09 bits per heavy atom. The molecular formula is C19H24N2O2. The van der Waals surface area contributed by atoms with Gasteiger partial charge in [-0.3, -0.25) is 9.69 Å². The molecule has 2 aliphatic heterocycles. The van der Waals surface area contributed by atoms with Crippen LogP contribution in [-0.4, -0.2) is 55.0 Å². The fourth-order valence-corrected chi connectivity index (χ4v) is 3.98. The van der Waals surface area contributed by atoms with Crippen LogP contribution in [0.1, 0.15) is 24.3 Å². The highest BCUT2D eigenvalue weighted by atomic mass is 16.5. The van der Waals surface area contributed by atoms with Crippen LogP contribution in [0.3, 0.4) is 0 Å². The topological polar surface area (TPSA) is 32.8 Å². The van der Waals surface area contributed by atoms with Crippen molar-refractivity contribution in [2.24, 2.45) is 5.92 Å². The van der Waals surface area contributed by atoms with Crippen molar-refractivity contribution in [3.05, 3.63) is 42.0 Å². The largest absolute Gasteiger partial charge is 0.497 e. The Balaban J connectivity index is 1.35. The Morgan fingerprint density at radius 3 is 2.87 bits per heavy atom. The summed E-state index contributed by atoms with van der Waals surface area (Å²) < 4.78 is 5.29. The molecule has 0 N–H and O–H groups in total. The van der Waals surface area contributed by atoms with Gasteiger partial charge in [0.25, 0.3) is 0 Å². The van der Waals surface area contributed by atoms with Gasteiger partial charge in [-0.1, -0.05) is 24.3 Å². The number of rotatable bonds is 4. The van der Waals surface area contributed by atoms with Gasteiger partial charge in [0.2, 0.25) is 5.91 Å². The van der Waals surface area contributed by atoms with E-state index in [1.54, 1.807) is 7.11 Å². The van der Waals surface area contributed by atoms with Crippen LogP contribution in [-0.2, 0) is 4.79 Å². The molecule has 2 heterocycles. The monoisotopic (exact) mass is 312 g/mol. The highest BCUT2D eigenvalue weighted by molar-refractivity contribution is 5.83. The van der Waals surface area contributed by atoms with Crippen LogP contribution >= 0.6 is 0 Å². The van der Waals surface area contributed by atoms with Crippen molar-refractivity contribution in [1.29, 1.82) is 0 Å². The average Bonchev–Trinajstić information content (AvgIpc) is 3.00. The summed E-state index contributed by atoms with van der Waals surface area (Å²) in [4.78, 5) is 17.3. The van der Waals surface area contributed by atoms with Crippen LogP contribution in [0.2, 0.25) is 0 Å². The second kappa shape index (κ2) is 6.00. The number of nitrogens with zero attached hydrogens (tertiary/aromatic N) is 2. The van der Waals surface area contributed by atoms with Crippen LogP contribution in [0.4, 0.5) is 0 Å². The highest BCUT2D eigenvalue weighted by Gasteiger charge is 2.47. The van der Waals surface area contributed by atoms with Crippen LogP contribution in [0.25, 0.3) is 0 Å². The summed E-state index contributed by atoms with van der Waals surface area (Å²) in [5.41, 5.74) is 1.24. The van der Waals surface area contributed by atoms with Crippen LogP contribution in [0.5, 0.6) is 5.75 Å². The van der Waals surface area contributed by atoms with Crippen LogP contribution in [0, 0.1) is 5.92 Å². The lowest BCUT2D eigenvalue weighted by atomic mass is 10.1. The quantitative estimate of drug-likeness (QED) is 0.800. The third-order valence-corrected chi connectivity index (χ3v) is 5.47. The summed E-state index contributed by atoms with van der Waals surface area (Å²) in [5, 5.41) is 0. The first kappa shape index (κ1) is 14.8. The van der Waals surface area contributed by atoms with Gasteiger partial charge in [-0.25, -0.2) is 0 Å². The number of methoxy groups -OCH3 is 1. The molecule has 3 unspecified atom stereocenters. The minimum atomic E-state index is 0.178. The van der Waals surface area contributed by atoms with Crippen LogP contribution in [0.15, 0.2) is 36.4 Å². The molecule has 3 atom stereocenters. The van der Waals surface area contributed by atoms with Gasteiger partial charge >= 0.3 is 0 Å². The molecule has 0 radical (unpaired) electrons. The number of carbonyl (C=O) groups is 1. The number of ether oxygens (including phenoxy) is 1. The molecule has 3 aliphatic rings. The Kier molecular flexibility index (Phi) is 3.85. The summed E-state index contributed by atoms with van der Waals surface area (Å²) in [6.45, 7) is 3.91. The minimum Gasteiger partial charge on any atom is -0.497 e. The molecule has 0 bridgehead atoms. The summed E-state index contributed by atoms with van der Waals surface area (Å²) in [6, 6.07) is 8.70. The molecule has 4 rings (SSSR count). The average molecular weight is 312 g/mol. The molecule has 1 saturated carbocycles. The molecule has 122 valence electrons. The van der Waals surface area contributed by atoms with Gasteiger partial charge in [0, 0.05) is 38.1 Å². The third kappa shape index (κ3) is 2.88. The van der Waals surface area contributed by atoms with Gasteiger partial charge in [0.1, 0.15) is 5.75 Å². The van der Waals surface area contributed by atoms with Gasteiger partial charge in [-0.2, -0.15) is 0 Å². The zero-order chi connectivity index (χ0) is 15.8. The Morgan fingerprint density at radius 1 is 1.26 bits per heavy atom. The number of likely N-dealkylation sites (tertiary alicyclic amines) is 1. The molecule has 0 spiro atoms. The third-order valence-electron chi connectivity index (χ3n) is 5.47. The zero-order valence-corrected chi connectivity index (χ0v) is 13.6. The summed E-state index contributed by atoms with van der Waals surface area (Å²) in [7, 11) is 1.69. The summed E-state index contributed by atoms with van der Waals surface area (Å²) >= 11 is 0. The van der Waals surface area contributed by atoms with E-state index in [0.29, 0.717) is 17.9 Å². The maximum Gasteiger partial charge on any atom is 0.226 e. The maximum absolute atomic E-state index is 12.8. The second-order valence-electron chi connectivity index (χ2n) is 6.88. The predicted molar refractivity (Wildman–Crippen MR) is 89.5 cm³/mol. The van der Waals surface area contributed by atoms with Gasteiger partial charge in [0.15, 0.2) is 0 Å². The standard InChI is InChI=1S/C19H24N2O2/c1-23-16-6-4-5-14(11-16)17-12-18(17)19(22)21-10-7-15(13-21)20-8-2-3-9-20/h2-6,11,15,17-18H,7-10,12-13H2,1H3. The smallest absolute Gasteiger partial charge is 0.226 e. The first-order valence-electron chi connectivity index (χ1n) is 8.58. The number of hydrogen-bond donors (Lipinski definition) is 0. The van der Waals surface area contributed by atoms with Gasteiger partial charge in [-0.15, -0.1) is 0 Å². The molecule has 1 aromatic carbocycles. The molecule has 2 fully saturated rings. The Hall–Kier alpha value is -1.81. The molecule has 0 aromatic heterocycles. The lowest BCUT2D eigenvalue weighted by molar-refractivity contribution is -0.131. The zero-order valence-electron chi connectivity index (χ0n) is 13.6. The SMILES string of the molecule is COc1cccc(C2CC2C(=O)N2CCC(N3CC=CC3)C2)c1. The van der Waals surface area contributed by atoms with E-state index in [4.69, 9.17) is 4.74 Å². The number of benzene rings is 1. The van der Waals surface area contributed by atoms with Gasteiger partial charge < -0.3 is 9.64 Å². The predicted octanol–water partition coefficient (Wildman–Crippen LogP) is 2.27. The van der Waals surface area contributed by atoms with Crippen molar-refractivity contribution >= 4 is 5.91 Å². The van der Waals surface area contributed by atoms with Gasteiger partial charge in [-0.05, 0) is 36.5 Å². The molecule has 1 saturated heterocycles.